The van der Waals surface area contributed by atoms with Crippen LogP contribution in [0.4, 0.5) is 0 Å². The highest BCUT2D eigenvalue weighted by Gasteiger charge is 2.24. The zero-order valence-corrected chi connectivity index (χ0v) is 19.0. The second-order valence-electron chi connectivity index (χ2n) is 7.25. The molecule has 0 atom stereocenters. The van der Waals surface area contributed by atoms with Crippen molar-refractivity contribution in [3.63, 3.8) is 0 Å². The Balaban J connectivity index is 1.60. The normalized spacial score (nSPS) is 13.1. The Labute approximate surface area is 187 Å². The third-order valence-corrected chi connectivity index (χ3v) is 7.37. The summed E-state index contributed by atoms with van der Waals surface area (Å²) in [4.78, 5) is 25.1. The molecule has 1 aliphatic carbocycles. The van der Waals surface area contributed by atoms with E-state index in [-0.39, 0.29) is 5.56 Å². The zero-order chi connectivity index (χ0) is 21.4. The molecule has 0 unspecified atom stereocenters. The summed E-state index contributed by atoms with van der Waals surface area (Å²) < 4.78 is 12.6. The smallest absolute Gasteiger partial charge is 0.267 e. The van der Waals surface area contributed by atoms with Crippen LogP contribution in [-0.2, 0) is 25.0 Å². The molecule has 0 spiro atoms. The van der Waals surface area contributed by atoms with E-state index in [1.165, 1.54) is 22.2 Å². The second-order valence-corrected chi connectivity index (χ2v) is 9.27. The summed E-state index contributed by atoms with van der Waals surface area (Å²) in [6.07, 6.45) is 3.80. The first-order valence-electron chi connectivity index (χ1n) is 10.4. The average Bonchev–Trinajstić information content (AvgIpc) is 3.49. The van der Waals surface area contributed by atoms with Gasteiger partial charge in [-0.15, -0.1) is 11.3 Å². The van der Waals surface area contributed by atoms with E-state index in [9.17, 15) is 4.79 Å². The van der Waals surface area contributed by atoms with E-state index in [1.807, 2.05) is 38.1 Å². The number of aryl methyl sites for hydroxylation is 3. The van der Waals surface area contributed by atoms with Crippen LogP contribution in [0.25, 0.3) is 15.9 Å². The van der Waals surface area contributed by atoms with E-state index in [0.717, 1.165) is 47.3 Å². The Morgan fingerprint density at radius 3 is 2.77 bits per heavy atom. The molecule has 1 aliphatic rings. The number of fused-ring (bicyclic) bond motifs is 3. The molecule has 0 amide bonds. The number of benzene rings is 1. The predicted octanol–water partition coefficient (Wildman–Crippen LogP) is 4.57. The number of thiophene rings is 1. The van der Waals surface area contributed by atoms with Crippen LogP contribution in [0.2, 0.25) is 0 Å². The summed E-state index contributed by atoms with van der Waals surface area (Å²) >= 11 is 3.08. The number of nitrogens with zero attached hydrogens (tertiary/aromatic N) is 4. The van der Waals surface area contributed by atoms with E-state index < -0.39 is 0 Å². The van der Waals surface area contributed by atoms with Crippen LogP contribution in [0.5, 0.6) is 5.75 Å². The zero-order valence-electron chi connectivity index (χ0n) is 17.4. The van der Waals surface area contributed by atoms with Gasteiger partial charge in [0.25, 0.3) is 5.56 Å². The molecule has 7 nitrogen and oxygen atoms in total. The van der Waals surface area contributed by atoms with Gasteiger partial charge in [-0.1, -0.05) is 23.8 Å². The number of rotatable bonds is 7. The minimum atomic E-state index is -0.0177. The summed E-state index contributed by atoms with van der Waals surface area (Å²) in [6, 6.07) is 7.57. The van der Waals surface area contributed by atoms with Gasteiger partial charge in [0.1, 0.15) is 10.6 Å². The fourth-order valence-electron chi connectivity index (χ4n) is 3.83. The summed E-state index contributed by atoms with van der Waals surface area (Å²) in [5.74, 6) is 2.44. The van der Waals surface area contributed by atoms with Gasteiger partial charge in [0.05, 0.1) is 23.4 Å². The first kappa shape index (κ1) is 20.3. The third-order valence-electron chi connectivity index (χ3n) is 5.27. The Bertz CT molecular complexity index is 1290. The molecule has 0 aliphatic heterocycles. The van der Waals surface area contributed by atoms with Gasteiger partial charge in [-0.25, -0.2) is 4.98 Å². The average molecular weight is 455 g/mol. The molecule has 3 aromatic heterocycles. The maximum Gasteiger partial charge on any atom is 0.267 e. The van der Waals surface area contributed by atoms with E-state index in [0.29, 0.717) is 29.2 Å². The van der Waals surface area contributed by atoms with E-state index >= 15 is 0 Å². The molecule has 1 aromatic carbocycles. The number of ether oxygens (including phenoxy) is 1. The van der Waals surface area contributed by atoms with Crippen molar-refractivity contribution in [3.05, 3.63) is 56.8 Å². The lowest BCUT2D eigenvalue weighted by atomic mass is 10.2. The second kappa shape index (κ2) is 8.47. The molecule has 4 aromatic rings. The molecule has 31 heavy (non-hydrogen) atoms. The maximum atomic E-state index is 13.7. The van der Waals surface area contributed by atoms with Crippen molar-refractivity contribution in [3.8, 4) is 11.4 Å². The first-order valence-corrected chi connectivity index (χ1v) is 12.2. The highest BCUT2D eigenvalue weighted by Crippen LogP contribution is 2.36. The Morgan fingerprint density at radius 1 is 1.19 bits per heavy atom. The SMILES string of the molecule is CCOc1ccc(-n2c(SCc3nc(CC)no3)nc3sc4c(c3c2=O)CCC4)cc1. The van der Waals surface area contributed by atoms with Gasteiger partial charge in [0.15, 0.2) is 11.0 Å². The van der Waals surface area contributed by atoms with Crippen molar-refractivity contribution in [2.24, 2.45) is 0 Å². The van der Waals surface area contributed by atoms with E-state index in [1.54, 1.807) is 15.9 Å². The molecule has 0 radical (unpaired) electrons. The number of hydrogen-bond acceptors (Lipinski definition) is 8. The molecule has 9 heteroatoms. The van der Waals surface area contributed by atoms with Crippen LogP contribution < -0.4 is 10.3 Å². The van der Waals surface area contributed by atoms with Gasteiger partial charge in [0, 0.05) is 11.3 Å². The van der Waals surface area contributed by atoms with Gasteiger partial charge in [-0.05, 0) is 56.0 Å². The summed E-state index contributed by atoms with van der Waals surface area (Å²) in [7, 11) is 0. The van der Waals surface area contributed by atoms with Crippen molar-refractivity contribution < 1.29 is 9.26 Å². The molecule has 0 saturated carbocycles. The summed E-state index contributed by atoms with van der Waals surface area (Å²) in [6.45, 7) is 4.53. The summed E-state index contributed by atoms with van der Waals surface area (Å²) in [5.41, 5.74) is 1.93. The van der Waals surface area contributed by atoms with Crippen LogP contribution in [0, 0.1) is 0 Å². The van der Waals surface area contributed by atoms with E-state index in [2.05, 4.69) is 10.1 Å². The Hall–Kier alpha value is -2.65. The highest BCUT2D eigenvalue weighted by molar-refractivity contribution is 7.98. The fourth-order valence-corrected chi connectivity index (χ4v) is 5.98. The van der Waals surface area contributed by atoms with Crippen molar-refractivity contribution in [1.29, 1.82) is 0 Å². The quantitative estimate of drug-likeness (QED) is 0.299. The van der Waals surface area contributed by atoms with Crippen molar-refractivity contribution in [2.75, 3.05) is 6.61 Å². The largest absolute Gasteiger partial charge is 0.494 e. The van der Waals surface area contributed by atoms with Gasteiger partial charge < -0.3 is 9.26 Å². The monoisotopic (exact) mass is 454 g/mol. The van der Waals surface area contributed by atoms with Gasteiger partial charge in [-0.3, -0.25) is 9.36 Å². The van der Waals surface area contributed by atoms with Crippen molar-refractivity contribution >= 4 is 33.3 Å². The van der Waals surface area contributed by atoms with E-state index in [4.69, 9.17) is 14.2 Å². The van der Waals surface area contributed by atoms with Crippen LogP contribution in [0.3, 0.4) is 0 Å². The lowest BCUT2D eigenvalue weighted by molar-refractivity contribution is 0.340. The lowest BCUT2D eigenvalue weighted by Crippen LogP contribution is -2.21. The predicted molar refractivity (Wildman–Crippen MR) is 122 cm³/mol. The van der Waals surface area contributed by atoms with Crippen molar-refractivity contribution in [1.82, 2.24) is 19.7 Å². The minimum absolute atomic E-state index is 0.0177. The molecule has 0 bridgehead atoms. The molecular weight excluding hydrogens is 432 g/mol. The molecule has 5 rings (SSSR count). The Morgan fingerprint density at radius 2 is 2.03 bits per heavy atom. The van der Waals surface area contributed by atoms with Gasteiger partial charge in [0.2, 0.25) is 5.89 Å². The fraction of sp³-hybridized carbons (Fsp3) is 0.364. The Kier molecular flexibility index (Phi) is 5.54. The van der Waals surface area contributed by atoms with Crippen LogP contribution >= 0.6 is 23.1 Å². The standard InChI is InChI=1S/C22H22N4O3S2/c1-3-17-23-18(29-25-17)12-30-22-24-20-19(15-6-5-7-16(15)31-20)21(27)26(22)13-8-10-14(11-9-13)28-4-2/h8-11H,3-7,12H2,1-2H3. The molecular formula is C22H22N4O3S2. The number of aromatic nitrogens is 4. The molecule has 0 saturated heterocycles. The molecule has 160 valence electrons. The maximum absolute atomic E-state index is 13.7. The minimum Gasteiger partial charge on any atom is -0.494 e. The lowest BCUT2D eigenvalue weighted by Gasteiger charge is -2.12. The van der Waals surface area contributed by atoms with Gasteiger partial charge >= 0.3 is 0 Å². The summed E-state index contributed by atoms with van der Waals surface area (Å²) in [5, 5.41) is 5.34. The highest BCUT2D eigenvalue weighted by atomic mass is 32.2. The van der Waals surface area contributed by atoms with Crippen LogP contribution in [-0.4, -0.2) is 26.3 Å². The van der Waals surface area contributed by atoms with Crippen LogP contribution in [0.1, 0.15) is 42.4 Å². The number of hydrogen-bond donors (Lipinski definition) is 0. The molecule has 0 fully saturated rings. The number of thioether (sulfide) groups is 1. The van der Waals surface area contributed by atoms with Gasteiger partial charge in [-0.2, -0.15) is 4.98 Å². The molecule has 0 N–H and O–H groups in total. The van der Waals surface area contributed by atoms with Crippen LogP contribution in [0.15, 0.2) is 38.7 Å². The molecule has 3 heterocycles. The van der Waals surface area contributed by atoms with Crippen molar-refractivity contribution in [2.45, 2.75) is 50.4 Å². The third kappa shape index (κ3) is 3.76. The first-order chi connectivity index (χ1) is 15.2. The topological polar surface area (TPSA) is 83.0 Å².